The Morgan fingerprint density at radius 3 is 2.56 bits per heavy atom. The lowest BCUT2D eigenvalue weighted by Gasteiger charge is -2.37. The Morgan fingerprint density at radius 1 is 1.18 bits per heavy atom. The van der Waals surface area contributed by atoms with Gasteiger partial charge < -0.3 is 14.4 Å². The molecule has 2 aromatic carbocycles. The van der Waals surface area contributed by atoms with Gasteiger partial charge in [-0.25, -0.2) is 18.3 Å². The smallest absolute Gasteiger partial charge is 0.343 e. The van der Waals surface area contributed by atoms with E-state index >= 15 is 0 Å². The van der Waals surface area contributed by atoms with Crippen molar-refractivity contribution in [3.63, 3.8) is 0 Å². The zero-order valence-electron chi connectivity index (χ0n) is 22.3. The average molecular weight is 605 g/mol. The molecule has 0 bridgehead atoms. The summed E-state index contributed by atoms with van der Waals surface area (Å²) in [6.07, 6.45) is 3.58. The molecule has 0 radical (unpaired) electrons. The van der Waals surface area contributed by atoms with Crippen LogP contribution < -0.4 is 0 Å². The summed E-state index contributed by atoms with van der Waals surface area (Å²) in [6.45, 7) is 7.25. The molecule has 0 spiro atoms. The second kappa shape index (κ2) is 11.9. The first kappa shape index (κ1) is 28.8. The number of aryl methyl sites for hydroxylation is 1. The molecule has 3 aromatic rings. The maximum absolute atomic E-state index is 14.3. The molecule has 1 amide bonds. The third-order valence-corrected chi connectivity index (χ3v) is 7.69. The lowest BCUT2D eigenvalue weighted by molar-refractivity contribution is -0.144. The van der Waals surface area contributed by atoms with Gasteiger partial charge in [-0.2, -0.15) is 0 Å². The topological polar surface area (TPSA) is 86.5 Å². The monoisotopic (exact) mass is 604 g/mol. The molecule has 1 atom stereocenters. The number of likely N-dealkylation sites (tertiary alicyclic amines) is 1. The standard InChI is InChI=1S/C28H31BrF2N4O4/c1-17-10-18(7-8-22(17)29)13-28(2,3)27(37)34-9-5-6-21(15-34)39-16-19-14-35(33-32-19)20-11-23(30)25(24(31)12-20)26(36)38-4/h7-8,10-12,14,21H,5-6,9,13,15-16H2,1-4H3. The molecule has 39 heavy (non-hydrogen) atoms. The summed E-state index contributed by atoms with van der Waals surface area (Å²) in [6, 6.07) is 8.12. The Kier molecular flexibility index (Phi) is 8.80. The highest BCUT2D eigenvalue weighted by Gasteiger charge is 2.35. The van der Waals surface area contributed by atoms with Crippen LogP contribution in [0, 0.1) is 24.0 Å². The maximum atomic E-state index is 14.3. The average Bonchev–Trinajstić information content (AvgIpc) is 3.38. The van der Waals surface area contributed by atoms with Crippen LogP contribution in [-0.2, 0) is 27.3 Å². The Labute approximate surface area is 234 Å². The zero-order valence-corrected chi connectivity index (χ0v) is 23.9. The minimum absolute atomic E-state index is 0.0639. The number of hydrogen-bond donors (Lipinski definition) is 0. The molecular formula is C28H31BrF2N4O4. The van der Waals surface area contributed by atoms with Gasteiger partial charge in [-0.3, -0.25) is 4.79 Å². The van der Waals surface area contributed by atoms with Crippen LogP contribution in [0.5, 0.6) is 0 Å². The van der Waals surface area contributed by atoms with Crippen LogP contribution >= 0.6 is 15.9 Å². The van der Waals surface area contributed by atoms with Gasteiger partial charge in [0.15, 0.2) is 0 Å². The lowest BCUT2D eigenvalue weighted by atomic mass is 9.83. The molecule has 0 saturated carbocycles. The Hall–Kier alpha value is -3.18. The first-order valence-corrected chi connectivity index (χ1v) is 13.4. The molecule has 1 unspecified atom stereocenters. The van der Waals surface area contributed by atoms with Crippen molar-refractivity contribution >= 4 is 27.8 Å². The zero-order chi connectivity index (χ0) is 28.3. The molecule has 0 N–H and O–H groups in total. The van der Waals surface area contributed by atoms with Gasteiger partial charge in [-0.1, -0.05) is 47.1 Å². The molecule has 1 aliphatic rings. The van der Waals surface area contributed by atoms with Gasteiger partial charge in [0.25, 0.3) is 0 Å². The molecule has 8 nitrogen and oxygen atoms in total. The summed E-state index contributed by atoms with van der Waals surface area (Å²) in [5.74, 6) is -3.14. The number of esters is 1. The number of rotatable bonds is 8. The number of benzene rings is 2. The minimum Gasteiger partial charge on any atom is -0.465 e. The van der Waals surface area contributed by atoms with Crippen LogP contribution in [0.15, 0.2) is 41.0 Å². The Balaban J connectivity index is 1.36. The highest BCUT2D eigenvalue weighted by molar-refractivity contribution is 9.10. The second-order valence-electron chi connectivity index (χ2n) is 10.4. The normalized spacial score (nSPS) is 15.9. The molecule has 1 saturated heterocycles. The number of methoxy groups -OCH3 is 1. The van der Waals surface area contributed by atoms with E-state index in [1.807, 2.05) is 37.8 Å². The van der Waals surface area contributed by atoms with Crippen molar-refractivity contribution < 1.29 is 27.8 Å². The molecule has 2 heterocycles. The van der Waals surface area contributed by atoms with E-state index in [1.54, 1.807) is 0 Å². The molecule has 11 heteroatoms. The van der Waals surface area contributed by atoms with Crippen LogP contribution in [0.25, 0.3) is 5.69 Å². The van der Waals surface area contributed by atoms with Gasteiger partial charge in [0.05, 0.1) is 31.7 Å². The molecule has 208 valence electrons. The van der Waals surface area contributed by atoms with Crippen molar-refractivity contribution in [1.82, 2.24) is 19.9 Å². The summed E-state index contributed by atoms with van der Waals surface area (Å²) in [4.78, 5) is 26.9. The summed E-state index contributed by atoms with van der Waals surface area (Å²) in [5, 5.41) is 7.95. The Bertz CT molecular complexity index is 1350. The number of carbonyl (C=O) groups excluding carboxylic acids is 2. The fraction of sp³-hybridized carbons (Fsp3) is 0.429. The summed E-state index contributed by atoms with van der Waals surface area (Å²) in [7, 11) is 1.05. The third-order valence-electron chi connectivity index (χ3n) is 6.80. The van der Waals surface area contributed by atoms with Crippen LogP contribution in [0.2, 0.25) is 0 Å². The first-order valence-electron chi connectivity index (χ1n) is 12.6. The first-order chi connectivity index (χ1) is 18.5. The largest absolute Gasteiger partial charge is 0.465 e. The Morgan fingerprint density at radius 2 is 1.90 bits per heavy atom. The number of nitrogens with zero attached hydrogens (tertiary/aromatic N) is 4. The van der Waals surface area contributed by atoms with Crippen molar-refractivity contribution in [2.45, 2.75) is 52.7 Å². The van der Waals surface area contributed by atoms with Crippen LogP contribution in [-0.4, -0.2) is 58.1 Å². The van der Waals surface area contributed by atoms with Crippen molar-refractivity contribution in [2.24, 2.45) is 5.41 Å². The fourth-order valence-electron chi connectivity index (χ4n) is 4.77. The van der Waals surface area contributed by atoms with Gasteiger partial charge in [0.1, 0.15) is 22.9 Å². The van der Waals surface area contributed by atoms with Crippen molar-refractivity contribution in [2.75, 3.05) is 20.2 Å². The predicted molar refractivity (Wildman–Crippen MR) is 143 cm³/mol. The van der Waals surface area contributed by atoms with Crippen molar-refractivity contribution in [3.8, 4) is 5.69 Å². The molecule has 0 aliphatic carbocycles. The van der Waals surface area contributed by atoms with Gasteiger partial charge >= 0.3 is 5.97 Å². The fourth-order valence-corrected chi connectivity index (χ4v) is 5.02. The SMILES string of the molecule is COC(=O)c1c(F)cc(-n2cc(COC3CCCN(C(=O)C(C)(C)Cc4ccc(Br)c(C)c4)C3)nn2)cc1F. The van der Waals surface area contributed by atoms with Crippen molar-refractivity contribution in [3.05, 3.63) is 75.0 Å². The number of aromatic nitrogens is 3. The van der Waals surface area contributed by atoms with E-state index in [4.69, 9.17) is 4.74 Å². The van der Waals surface area contributed by atoms with Crippen LogP contribution in [0.3, 0.4) is 0 Å². The minimum atomic E-state index is -1.10. The van der Waals surface area contributed by atoms with E-state index in [2.05, 4.69) is 37.0 Å². The van der Waals surface area contributed by atoms with Crippen molar-refractivity contribution in [1.29, 1.82) is 0 Å². The number of amides is 1. The van der Waals surface area contributed by atoms with E-state index in [-0.39, 0.29) is 24.3 Å². The maximum Gasteiger partial charge on any atom is 0.343 e. The number of ether oxygens (including phenoxy) is 2. The number of hydrogen-bond acceptors (Lipinski definition) is 6. The number of piperidine rings is 1. The highest BCUT2D eigenvalue weighted by Crippen LogP contribution is 2.29. The van der Waals surface area contributed by atoms with Gasteiger partial charge in [0, 0.05) is 35.1 Å². The molecule has 1 aliphatic heterocycles. The number of carbonyl (C=O) groups is 2. The lowest BCUT2D eigenvalue weighted by Crippen LogP contribution is -2.48. The van der Waals surface area contributed by atoms with Crippen LogP contribution in [0.4, 0.5) is 8.78 Å². The quantitative estimate of drug-likeness (QED) is 0.329. The van der Waals surface area contributed by atoms with E-state index < -0.39 is 28.6 Å². The van der Waals surface area contributed by atoms with Gasteiger partial charge in [-0.15, -0.1) is 5.10 Å². The summed E-state index contributed by atoms with van der Waals surface area (Å²) in [5.41, 5.74) is 1.43. The van der Waals surface area contributed by atoms with E-state index in [1.165, 1.54) is 10.9 Å². The predicted octanol–water partition coefficient (Wildman–Crippen LogP) is 5.18. The van der Waals surface area contributed by atoms with E-state index in [0.717, 1.165) is 47.7 Å². The van der Waals surface area contributed by atoms with E-state index in [0.29, 0.717) is 25.2 Å². The van der Waals surface area contributed by atoms with E-state index in [9.17, 15) is 18.4 Å². The molecule has 4 rings (SSSR count). The molecule has 1 fully saturated rings. The summed E-state index contributed by atoms with van der Waals surface area (Å²) >= 11 is 3.52. The third kappa shape index (κ3) is 6.70. The van der Waals surface area contributed by atoms with Gasteiger partial charge in [-0.05, 0) is 43.4 Å². The van der Waals surface area contributed by atoms with Crippen LogP contribution in [0.1, 0.15) is 53.9 Å². The number of halogens is 3. The highest BCUT2D eigenvalue weighted by atomic mass is 79.9. The second-order valence-corrected chi connectivity index (χ2v) is 11.3. The summed E-state index contributed by atoms with van der Waals surface area (Å²) < 4.78 is 41.3. The molecular weight excluding hydrogens is 574 g/mol. The van der Waals surface area contributed by atoms with Gasteiger partial charge in [0.2, 0.25) is 5.91 Å². The molecule has 1 aromatic heterocycles.